The number of nitrogens with one attached hydrogen (secondary N) is 1. The second-order valence-electron chi connectivity index (χ2n) is 14.2. The number of aromatic nitrogens is 4. The molecule has 0 bridgehead atoms. The number of benzene rings is 1. The maximum Gasteiger partial charge on any atom is 0.267 e. The van der Waals surface area contributed by atoms with Gasteiger partial charge in [0.2, 0.25) is 10.0 Å². The Balaban J connectivity index is 1.06. The highest BCUT2D eigenvalue weighted by molar-refractivity contribution is 7.90. The lowest BCUT2D eigenvalue weighted by atomic mass is 9.72. The van der Waals surface area contributed by atoms with E-state index in [2.05, 4.69) is 37.6 Å². The molecule has 1 aromatic carbocycles. The van der Waals surface area contributed by atoms with Crippen LogP contribution in [0.1, 0.15) is 40.2 Å². The van der Waals surface area contributed by atoms with Gasteiger partial charge in [-0.3, -0.25) is 24.0 Å². The van der Waals surface area contributed by atoms with Crippen LogP contribution in [0.3, 0.4) is 0 Å². The Bertz CT molecular complexity index is 2690. The lowest BCUT2D eigenvalue weighted by molar-refractivity contribution is -0.0487. The van der Waals surface area contributed by atoms with Gasteiger partial charge >= 0.3 is 0 Å². The third-order valence-electron chi connectivity index (χ3n) is 10.6. The van der Waals surface area contributed by atoms with Crippen molar-refractivity contribution in [2.45, 2.75) is 38.0 Å². The number of sulfonamides is 1. The lowest BCUT2D eigenvalue weighted by Crippen LogP contribution is -2.61. The number of fused-ring (bicyclic) bond motifs is 2. The molecule has 13 nitrogen and oxygen atoms in total. The minimum atomic E-state index is -3.92. The Kier molecular flexibility index (Phi) is 10.0. The summed E-state index contributed by atoms with van der Waals surface area (Å²) in [6.07, 6.45) is 2.20. The van der Waals surface area contributed by atoms with Crippen LogP contribution in [0.25, 0.3) is 32.2 Å². The molecule has 0 atom stereocenters. The van der Waals surface area contributed by atoms with E-state index in [9.17, 15) is 32.0 Å². The maximum absolute atomic E-state index is 14.1. The number of ether oxygens (including phenoxy) is 1. The van der Waals surface area contributed by atoms with Crippen LogP contribution < -0.4 is 15.2 Å². The molecule has 56 heavy (non-hydrogen) atoms. The molecule has 0 unspecified atom stereocenters. The van der Waals surface area contributed by atoms with E-state index >= 15 is 0 Å². The summed E-state index contributed by atoms with van der Waals surface area (Å²) < 4.78 is 60.0. The predicted molar refractivity (Wildman–Crippen MR) is 208 cm³/mol. The van der Waals surface area contributed by atoms with Crippen molar-refractivity contribution in [2.75, 3.05) is 50.8 Å². The Morgan fingerprint density at radius 1 is 1.18 bits per heavy atom. The summed E-state index contributed by atoms with van der Waals surface area (Å²) in [6, 6.07) is 9.12. The van der Waals surface area contributed by atoms with Gasteiger partial charge in [0, 0.05) is 59.5 Å². The number of hydrogen-bond acceptors (Lipinski definition) is 12. The van der Waals surface area contributed by atoms with Crippen LogP contribution in [0.5, 0.6) is 0 Å². The number of hydrogen-bond donors (Lipinski definition) is 1. The fourth-order valence-electron chi connectivity index (χ4n) is 7.61. The Labute approximate surface area is 328 Å². The highest BCUT2D eigenvalue weighted by Gasteiger charge is 2.45. The van der Waals surface area contributed by atoms with E-state index in [0.717, 1.165) is 12.8 Å². The molecular formula is C38H33ClF2N8O5S2. The number of pyridine rings is 2. The smallest absolute Gasteiger partial charge is 0.267 e. The number of rotatable bonds is 8. The monoisotopic (exact) mass is 818 g/mol. The molecule has 1 amide bonds. The quantitative estimate of drug-likeness (QED) is 0.218. The van der Waals surface area contributed by atoms with E-state index in [1.807, 2.05) is 4.90 Å². The van der Waals surface area contributed by atoms with E-state index in [-0.39, 0.29) is 48.2 Å². The van der Waals surface area contributed by atoms with Crippen LogP contribution in [0.2, 0.25) is 5.02 Å². The first-order valence-corrected chi connectivity index (χ1v) is 20.5. The van der Waals surface area contributed by atoms with E-state index in [0.29, 0.717) is 75.3 Å². The number of likely N-dealkylation sites (tertiary alicyclic amines) is 1. The van der Waals surface area contributed by atoms with Crippen molar-refractivity contribution in [3.8, 4) is 29.0 Å². The predicted octanol–water partition coefficient (Wildman–Crippen LogP) is 4.58. The maximum atomic E-state index is 14.1. The van der Waals surface area contributed by atoms with Gasteiger partial charge < -0.3 is 9.64 Å². The van der Waals surface area contributed by atoms with E-state index in [1.165, 1.54) is 28.3 Å². The number of amides is 1. The van der Waals surface area contributed by atoms with Gasteiger partial charge in [-0.25, -0.2) is 31.9 Å². The largest absolute Gasteiger partial charge is 0.378 e. The van der Waals surface area contributed by atoms with Crippen molar-refractivity contribution < 1.29 is 26.7 Å². The average Bonchev–Trinajstić information content (AvgIpc) is 3.56. The zero-order valence-electron chi connectivity index (χ0n) is 29.9. The highest BCUT2D eigenvalue weighted by Crippen LogP contribution is 2.42. The van der Waals surface area contributed by atoms with Crippen LogP contribution in [-0.4, -0.2) is 96.4 Å². The van der Waals surface area contributed by atoms with Crippen molar-refractivity contribution in [3.63, 3.8) is 0 Å². The zero-order valence-corrected chi connectivity index (χ0v) is 32.3. The summed E-state index contributed by atoms with van der Waals surface area (Å²) in [5, 5.41) is 11.7. The molecule has 0 aliphatic carbocycles. The topological polar surface area (TPSA) is 163 Å². The molecule has 3 fully saturated rings. The summed E-state index contributed by atoms with van der Waals surface area (Å²) in [4.78, 5) is 44.4. The first-order valence-electron chi connectivity index (χ1n) is 17.7. The van der Waals surface area contributed by atoms with E-state index in [1.54, 1.807) is 41.5 Å². The molecule has 0 radical (unpaired) electrons. The summed E-state index contributed by atoms with van der Waals surface area (Å²) >= 11 is 7.68. The van der Waals surface area contributed by atoms with Crippen LogP contribution in [0.15, 0.2) is 46.8 Å². The van der Waals surface area contributed by atoms with E-state index in [4.69, 9.17) is 16.3 Å². The van der Waals surface area contributed by atoms with Crippen molar-refractivity contribution in [3.05, 3.63) is 79.9 Å². The van der Waals surface area contributed by atoms with Gasteiger partial charge in [-0.15, -0.1) is 11.3 Å². The van der Waals surface area contributed by atoms with Crippen molar-refractivity contribution >= 4 is 65.8 Å². The third-order valence-corrected chi connectivity index (χ3v) is 13.5. The van der Waals surface area contributed by atoms with Gasteiger partial charge in [0.1, 0.15) is 28.5 Å². The van der Waals surface area contributed by atoms with Gasteiger partial charge in [0.05, 0.1) is 59.2 Å². The molecule has 18 heteroatoms. The molecule has 3 saturated heterocycles. The fraction of sp³-hybridized carbons (Fsp3) is 0.368. The molecule has 3 aliphatic rings. The molecule has 1 N–H and O–H groups in total. The van der Waals surface area contributed by atoms with Crippen LogP contribution in [-0.2, 0) is 21.3 Å². The van der Waals surface area contributed by atoms with Gasteiger partial charge in [-0.05, 0) is 49.4 Å². The highest BCUT2D eigenvalue weighted by atomic mass is 35.5. The number of carbonyl (C=O) groups is 1. The minimum absolute atomic E-state index is 0.0216. The second-order valence-corrected chi connectivity index (χ2v) is 17.5. The summed E-state index contributed by atoms with van der Waals surface area (Å²) in [5.74, 6) is 6.23. The summed E-state index contributed by atoms with van der Waals surface area (Å²) in [5.41, 5.74) is 2.29. The number of carbonyl (C=O) groups excluding carboxylic acids is 1. The Morgan fingerprint density at radius 3 is 2.64 bits per heavy atom. The first-order chi connectivity index (χ1) is 26.9. The van der Waals surface area contributed by atoms with Crippen molar-refractivity contribution in [2.24, 2.45) is 5.41 Å². The molecule has 4 aromatic heterocycles. The summed E-state index contributed by atoms with van der Waals surface area (Å²) in [6.45, 7) is 3.87. The number of halogens is 3. The lowest BCUT2D eigenvalue weighted by Gasteiger charge is -2.54. The van der Waals surface area contributed by atoms with Crippen LogP contribution in [0, 0.1) is 35.5 Å². The average molecular weight is 819 g/mol. The van der Waals surface area contributed by atoms with Crippen molar-refractivity contribution in [1.82, 2.24) is 29.1 Å². The number of alkyl halides is 2. The number of piperidine rings is 1. The second kappa shape index (κ2) is 14.8. The first kappa shape index (κ1) is 37.9. The number of anilines is 1. The number of thiophene rings is 1. The molecule has 0 saturated carbocycles. The van der Waals surface area contributed by atoms with Gasteiger partial charge in [0.15, 0.2) is 0 Å². The molecule has 3 aliphatic heterocycles. The minimum Gasteiger partial charge on any atom is -0.378 e. The van der Waals surface area contributed by atoms with Gasteiger partial charge in [-0.2, -0.15) is 5.26 Å². The fourth-order valence-corrected chi connectivity index (χ4v) is 9.90. The number of nitrogens with zero attached hydrogens (tertiary/aromatic N) is 7. The molecule has 5 aromatic rings. The van der Waals surface area contributed by atoms with Crippen LogP contribution in [0.4, 0.5) is 14.6 Å². The Morgan fingerprint density at radius 2 is 1.95 bits per heavy atom. The summed E-state index contributed by atoms with van der Waals surface area (Å²) in [7, 11) is -3.92. The molecule has 1 spiro atoms. The number of nitriles is 1. The standard InChI is InChI=1S/C38H33ClF2N8O5S2/c1-22-45-30-15-44-35(48-11-7-38(8-12-48)20-47(21-38)16-31(40)41)28(14-42)32(30)37(51)49(22)10-2-3-23-4-5-24(39)13-27(23)26-6-9-43-33-29(19-55-34(26)33)36(50)46-56(52,53)25-17-54-18-25/h4-6,9,13,15,19,25,31H,7-8,10-12,16-18,20-21H2,1H3,(H,46,50). The molecular weight excluding hydrogens is 786 g/mol. The normalized spacial score (nSPS) is 17.0. The van der Waals surface area contributed by atoms with E-state index < -0.39 is 33.2 Å². The number of aryl methyl sites for hydroxylation is 1. The SMILES string of the molecule is Cc1nc2cnc(N3CCC4(CC3)CN(CC(F)F)C4)c(C#N)c2c(=O)n1CC#Cc1ccc(Cl)cc1-c1ccnc2c(C(=O)NS(=O)(=O)C3COC3)csc12. The molecule has 8 rings (SSSR count). The third kappa shape index (κ3) is 6.99. The molecule has 7 heterocycles. The van der Waals surface area contributed by atoms with Gasteiger partial charge in [0.25, 0.3) is 17.9 Å². The van der Waals surface area contributed by atoms with Crippen molar-refractivity contribution in [1.29, 1.82) is 5.26 Å². The van der Waals surface area contributed by atoms with Crippen LogP contribution >= 0.6 is 22.9 Å². The zero-order chi connectivity index (χ0) is 39.4. The Hall–Kier alpha value is -5.04. The molecule has 288 valence electrons. The van der Waals surface area contributed by atoms with Gasteiger partial charge in [-0.1, -0.05) is 23.4 Å².